The monoisotopic (exact) mass is 507 g/mol. The van der Waals surface area contributed by atoms with Gasteiger partial charge in [-0.25, -0.2) is 0 Å². The van der Waals surface area contributed by atoms with Crippen LogP contribution < -0.4 is 15.1 Å². The standard InChI is InChI=1S/C26H23Cl2N5S/c1-31(2)18-9-11-19(12-10-18)33-25(24(30-26(33)34)21-6-3-4-14-29-21)23-7-5-15-32(23)22-13-8-17(27)16-20(22)28/h3-16,24-25H,1-2H3,(H,30,34)/t24-,25-/m1/s1. The van der Waals surface area contributed by atoms with Gasteiger partial charge in [-0.05, 0) is 78.9 Å². The summed E-state index contributed by atoms with van der Waals surface area (Å²) in [6, 6.07) is 23.7. The van der Waals surface area contributed by atoms with Gasteiger partial charge in [-0.3, -0.25) is 4.98 Å². The fourth-order valence-electron chi connectivity index (χ4n) is 4.38. The van der Waals surface area contributed by atoms with E-state index < -0.39 is 0 Å². The van der Waals surface area contributed by atoms with Crippen molar-refractivity contribution >= 4 is 51.9 Å². The second kappa shape index (κ2) is 9.29. The second-order valence-electron chi connectivity index (χ2n) is 8.31. The second-order valence-corrected chi connectivity index (χ2v) is 9.54. The first kappa shape index (κ1) is 22.7. The molecule has 0 spiro atoms. The lowest BCUT2D eigenvalue weighted by Gasteiger charge is -2.29. The Kier molecular flexibility index (Phi) is 6.21. The molecular weight excluding hydrogens is 485 g/mol. The Bertz CT molecular complexity index is 1320. The Labute approximate surface area is 214 Å². The zero-order chi connectivity index (χ0) is 23.8. The van der Waals surface area contributed by atoms with Crippen molar-refractivity contribution in [3.63, 3.8) is 0 Å². The highest BCUT2D eigenvalue weighted by Crippen LogP contribution is 2.43. The van der Waals surface area contributed by atoms with Crippen LogP contribution in [-0.4, -0.2) is 28.8 Å². The largest absolute Gasteiger partial charge is 0.378 e. The number of aromatic nitrogens is 2. The SMILES string of the molecule is CN(C)c1ccc(N2C(=S)N[C@H](c3ccccn3)[C@H]2c2cccn2-c2ccc(Cl)cc2Cl)cc1. The number of nitrogens with zero attached hydrogens (tertiary/aromatic N) is 4. The van der Waals surface area contributed by atoms with E-state index in [0.29, 0.717) is 15.2 Å². The summed E-state index contributed by atoms with van der Waals surface area (Å²) < 4.78 is 2.09. The van der Waals surface area contributed by atoms with E-state index in [1.807, 2.05) is 56.7 Å². The molecule has 0 bridgehead atoms. The number of anilines is 2. The Balaban J connectivity index is 1.65. The van der Waals surface area contributed by atoms with Crippen molar-refractivity contribution < 1.29 is 0 Å². The van der Waals surface area contributed by atoms with Crippen molar-refractivity contribution in [3.05, 3.63) is 107 Å². The predicted molar refractivity (Wildman–Crippen MR) is 144 cm³/mol. The van der Waals surface area contributed by atoms with Gasteiger partial charge in [0, 0.05) is 48.6 Å². The molecule has 2 aromatic carbocycles. The van der Waals surface area contributed by atoms with Crippen LogP contribution in [0.5, 0.6) is 0 Å². The van der Waals surface area contributed by atoms with Crippen LogP contribution >= 0.6 is 35.4 Å². The molecule has 1 aliphatic rings. The van der Waals surface area contributed by atoms with E-state index in [9.17, 15) is 0 Å². The highest BCUT2D eigenvalue weighted by Gasteiger charge is 2.42. The zero-order valence-corrected chi connectivity index (χ0v) is 21.0. The van der Waals surface area contributed by atoms with E-state index in [2.05, 4.69) is 55.0 Å². The van der Waals surface area contributed by atoms with Crippen LogP contribution in [0.4, 0.5) is 11.4 Å². The van der Waals surface area contributed by atoms with Crippen LogP contribution in [0.2, 0.25) is 10.0 Å². The maximum Gasteiger partial charge on any atom is 0.174 e. The number of halogens is 2. The fraction of sp³-hybridized carbons (Fsp3) is 0.154. The molecule has 0 saturated carbocycles. The summed E-state index contributed by atoms with van der Waals surface area (Å²) in [5.41, 5.74) is 4.92. The number of pyridine rings is 1. The summed E-state index contributed by atoms with van der Waals surface area (Å²) in [5.74, 6) is 0. The average Bonchev–Trinajstić information content (AvgIpc) is 3.44. The van der Waals surface area contributed by atoms with Crippen molar-refractivity contribution in [3.8, 4) is 5.69 Å². The molecule has 1 N–H and O–H groups in total. The summed E-state index contributed by atoms with van der Waals surface area (Å²) >= 11 is 18.6. The average molecular weight is 508 g/mol. The van der Waals surface area contributed by atoms with Crippen molar-refractivity contribution in [2.45, 2.75) is 12.1 Å². The third-order valence-corrected chi connectivity index (χ3v) is 6.85. The molecule has 172 valence electrons. The number of thiocarbonyl (C=S) groups is 1. The summed E-state index contributed by atoms with van der Waals surface area (Å²) in [5, 5.41) is 5.34. The predicted octanol–water partition coefficient (Wildman–Crippen LogP) is 6.42. The molecule has 5 nitrogen and oxygen atoms in total. The van der Waals surface area contributed by atoms with Gasteiger partial charge in [-0.15, -0.1) is 0 Å². The number of nitrogens with one attached hydrogen (secondary N) is 1. The Morgan fingerprint density at radius 1 is 0.971 bits per heavy atom. The lowest BCUT2D eigenvalue weighted by atomic mass is 10.0. The van der Waals surface area contributed by atoms with E-state index in [-0.39, 0.29) is 12.1 Å². The highest BCUT2D eigenvalue weighted by atomic mass is 35.5. The smallest absolute Gasteiger partial charge is 0.174 e. The van der Waals surface area contributed by atoms with Gasteiger partial charge >= 0.3 is 0 Å². The van der Waals surface area contributed by atoms with Gasteiger partial charge in [0.15, 0.2) is 5.11 Å². The molecular formula is C26H23Cl2N5S. The van der Waals surface area contributed by atoms with Crippen LogP contribution in [0, 0.1) is 0 Å². The molecule has 1 fully saturated rings. The minimum absolute atomic E-state index is 0.151. The maximum absolute atomic E-state index is 6.60. The van der Waals surface area contributed by atoms with E-state index in [1.165, 1.54) is 0 Å². The fourth-order valence-corrected chi connectivity index (χ4v) is 5.22. The van der Waals surface area contributed by atoms with E-state index >= 15 is 0 Å². The van der Waals surface area contributed by atoms with Crippen LogP contribution in [-0.2, 0) is 0 Å². The molecule has 5 rings (SSSR count). The maximum atomic E-state index is 6.60. The molecule has 4 aromatic rings. The van der Waals surface area contributed by atoms with Gasteiger partial charge < -0.3 is 19.7 Å². The molecule has 8 heteroatoms. The number of rotatable bonds is 5. The number of hydrogen-bond acceptors (Lipinski definition) is 3. The summed E-state index contributed by atoms with van der Waals surface area (Å²) in [4.78, 5) is 8.88. The molecule has 2 atom stereocenters. The van der Waals surface area contributed by atoms with Gasteiger partial charge in [-0.2, -0.15) is 0 Å². The lowest BCUT2D eigenvalue weighted by molar-refractivity contribution is 0.549. The minimum Gasteiger partial charge on any atom is -0.378 e. The zero-order valence-electron chi connectivity index (χ0n) is 18.7. The van der Waals surface area contributed by atoms with E-state index in [4.69, 9.17) is 35.4 Å². The molecule has 0 radical (unpaired) electrons. The molecule has 1 aliphatic heterocycles. The van der Waals surface area contributed by atoms with Crippen LogP contribution in [0.1, 0.15) is 23.5 Å². The van der Waals surface area contributed by atoms with Crippen LogP contribution in [0.15, 0.2) is 85.2 Å². The van der Waals surface area contributed by atoms with Gasteiger partial charge in [0.2, 0.25) is 0 Å². The number of hydrogen-bond donors (Lipinski definition) is 1. The van der Waals surface area contributed by atoms with Crippen molar-refractivity contribution in [1.29, 1.82) is 0 Å². The van der Waals surface area contributed by atoms with Crippen molar-refractivity contribution in [2.75, 3.05) is 23.9 Å². The summed E-state index contributed by atoms with van der Waals surface area (Å²) in [6.45, 7) is 0. The Morgan fingerprint density at radius 2 is 1.76 bits per heavy atom. The quantitative estimate of drug-likeness (QED) is 0.315. The third-order valence-electron chi connectivity index (χ3n) is 5.99. The third kappa shape index (κ3) is 4.13. The first-order valence-corrected chi connectivity index (χ1v) is 12.0. The summed E-state index contributed by atoms with van der Waals surface area (Å²) in [7, 11) is 4.05. The first-order valence-electron chi connectivity index (χ1n) is 10.8. The molecule has 34 heavy (non-hydrogen) atoms. The minimum atomic E-state index is -0.158. The lowest BCUT2D eigenvalue weighted by Crippen LogP contribution is -2.30. The van der Waals surface area contributed by atoms with Gasteiger partial charge in [0.05, 0.1) is 22.4 Å². The normalized spacial score (nSPS) is 17.6. The molecule has 0 unspecified atom stereocenters. The topological polar surface area (TPSA) is 36.3 Å². The molecule has 0 amide bonds. The Morgan fingerprint density at radius 3 is 2.44 bits per heavy atom. The Hall–Kier alpha value is -3.06. The van der Waals surface area contributed by atoms with Gasteiger partial charge in [-0.1, -0.05) is 29.3 Å². The number of benzene rings is 2. The molecule has 0 aliphatic carbocycles. The summed E-state index contributed by atoms with van der Waals surface area (Å²) in [6.07, 6.45) is 3.81. The van der Waals surface area contributed by atoms with Gasteiger partial charge in [0.1, 0.15) is 6.04 Å². The van der Waals surface area contributed by atoms with Crippen molar-refractivity contribution in [2.24, 2.45) is 0 Å². The van der Waals surface area contributed by atoms with Gasteiger partial charge in [0.25, 0.3) is 0 Å². The first-order chi connectivity index (χ1) is 16.4. The van der Waals surface area contributed by atoms with Crippen molar-refractivity contribution in [1.82, 2.24) is 14.9 Å². The molecule has 1 saturated heterocycles. The van der Waals surface area contributed by atoms with E-state index in [0.717, 1.165) is 28.5 Å². The molecule has 2 aromatic heterocycles. The highest BCUT2D eigenvalue weighted by molar-refractivity contribution is 7.80. The van der Waals surface area contributed by atoms with Crippen LogP contribution in [0.25, 0.3) is 5.69 Å². The van der Waals surface area contributed by atoms with E-state index in [1.54, 1.807) is 12.3 Å². The molecule has 3 heterocycles. The van der Waals surface area contributed by atoms with Crippen LogP contribution in [0.3, 0.4) is 0 Å².